The molecule has 0 atom stereocenters. The maximum atomic E-state index is 12.8. The fraction of sp³-hybridized carbons (Fsp3) is 0.400. The minimum Gasteiger partial charge on any atom is -0.497 e. The maximum Gasteiger partial charge on any atom is 0.320 e. The summed E-state index contributed by atoms with van der Waals surface area (Å²) >= 11 is 0. The van der Waals surface area contributed by atoms with Gasteiger partial charge in [0.25, 0.3) is 0 Å². The number of unbranched alkanes of at least 4 members (excludes halogenated alkanes) is 1. The lowest BCUT2D eigenvalue weighted by Crippen LogP contribution is -2.43. The van der Waals surface area contributed by atoms with Gasteiger partial charge in [0.05, 0.1) is 33.0 Å². The second-order valence-electron chi connectivity index (χ2n) is 16.2. The van der Waals surface area contributed by atoms with Crippen molar-refractivity contribution in [3.8, 4) is 46.5 Å². The van der Waals surface area contributed by atoms with Gasteiger partial charge in [0.15, 0.2) is 17.1 Å². The van der Waals surface area contributed by atoms with Gasteiger partial charge in [-0.3, -0.25) is 5.32 Å². The van der Waals surface area contributed by atoms with Crippen LogP contribution in [0.2, 0.25) is 0 Å². The van der Waals surface area contributed by atoms with Crippen molar-refractivity contribution < 1.29 is 33.2 Å². The Morgan fingerprint density at radius 3 is 2.13 bits per heavy atom. The predicted octanol–water partition coefficient (Wildman–Crippen LogP) is 8.57. The Hall–Kier alpha value is -7.00. The number of ether oxygens (including phenoxy) is 6. The van der Waals surface area contributed by atoms with Gasteiger partial charge in [-0.05, 0) is 101 Å². The molecule has 3 aromatic carbocycles. The predicted molar refractivity (Wildman–Crippen MR) is 265 cm³/mol. The van der Waals surface area contributed by atoms with Crippen molar-refractivity contribution in [1.29, 1.82) is 0 Å². The van der Waals surface area contributed by atoms with E-state index < -0.39 is 5.54 Å². The number of hydrogen-bond acceptors (Lipinski definition) is 15. The molecule has 3 heterocycles. The number of benzene rings is 3. The third-order valence-corrected chi connectivity index (χ3v) is 10.1. The number of pyridine rings is 1. The molecule has 0 spiro atoms. The molecule has 0 aliphatic carbocycles. The highest BCUT2D eigenvalue weighted by molar-refractivity contribution is 5.97. The smallest absolute Gasteiger partial charge is 0.320 e. The zero-order valence-corrected chi connectivity index (χ0v) is 40.1. The number of aromatic nitrogens is 5. The number of hydrogen-bond donors (Lipinski definition) is 4. The average molecular weight is 917 g/mol. The number of nitrogens with zero attached hydrogens (tertiary/aromatic N) is 6. The minimum atomic E-state index is -0.412. The van der Waals surface area contributed by atoms with Crippen LogP contribution in [-0.2, 0) is 9.47 Å². The minimum absolute atomic E-state index is 0.360. The quantitative estimate of drug-likeness (QED) is 0.0374. The molecule has 3 aromatic heterocycles. The van der Waals surface area contributed by atoms with Crippen LogP contribution in [0.5, 0.6) is 23.0 Å². The van der Waals surface area contributed by atoms with Gasteiger partial charge in [-0.2, -0.15) is 4.98 Å². The van der Waals surface area contributed by atoms with E-state index in [0.29, 0.717) is 78.2 Å². The summed E-state index contributed by atoms with van der Waals surface area (Å²) in [6.45, 7) is 15.8. The van der Waals surface area contributed by atoms with E-state index in [2.05, 4.69) is 65.9 Å². The van der Waals surface area contributed by atoms with Crippen LogP contribution in [0.3, 0.4) is 0 Å². The van der Waals surface area contributed by atoms with E-state index in [1.54, 1.807) is 40.7 Å². The normalized spacial score (nSPS) is 11.1. The first-order valence-electron chi connectivity index (χ1n) is 22.2. The number of nitrogens with one attached hydrogen (secondary N) is 4. The number of methoxy groups -OCH3 is 4. The summed E-state index contributed by atoms with van der Waals surface area (Å²) in [6.07, 6.45) is 10.9. The number of carbonyl (C=O) groups is 1. The average Bonchev–Trinajstić information content (AvgIpc) is 3.32. The van der Waals surface area contributed by atoms with Crippen LogP contribution in [0.15, 0.2) is 73.2 Å². The Morgan fingerprint density at radius 1 is 0.791 bits per heavy atom. The highest BCUT2D eigenvalue weighted by Gasteiger charge is 2.19. The molecule has 4 N–H and O–H groups in total. The van der Waals surface area contributed by atoms with Crippen LogP contribution in [0.25, 0.3) is 33.1 Å². The second kappa shape index (κ2) is 25.6. The highest BCUT2D eigenvalue weighted by Crippen LogP contribution is 2.37. The fourth-order valence-electron chi connectivity index (χ4n) is 6.69. The molecule has 0 aliphatic rings. The van der Waals surface area contributed by atoms with Gasteiger partial charge in [0, 0.05) is 72.2 Å². The van der Waals surface area contributed by atoms with Gasteiger partial charge >= 0.3 is 6.03 Å². The summed E-state index contributed by atoms with van der Waals surface area (Å²) in [6, 6.07) is 18.3. The first-order valence-corrected chi connectivity index (χ1v) is 22.2. The molecule has 0 saturated heterocycles. The number of terminal acetylenes is 1. The summed E-state index contributed by atoms with van der Waals surface area (Å²) in [5.41, 5.74) is 3.88. The van der Waals surface area contributed by atoms with Crippen molar-refractivity contribution in [2.45, 2.75) is 53.0 Å². The van der Waals surface area contributed by atoms with Gasteiger partial charge < -0.3 is 49.3 Å². The lowest BCUT2D eigenvalue weighted by atomic mass is 10.0. The molecule has 0 fully saturated rings. The molecular formula is C50H64N10O7. The van der Waals surface area contributed by atoms with Crippen LogP contribution in [-0.4, -0.2) is 122 Å². The van der Waals surface area contributed by atoms with Crippen molar-refractivity contribution >= 4 is 51.2 Å². The third-order valence-electron chi connectivity index (χ3n) is 10.1. The summed E-state index contributed by atoms with van der Waals surface area (Å²) in [5.74, 6) is 6.58. The highest BCUT2D eigenvalue weighted by atomic mass is 16.5. The van der Waals surface area contributed by atoms with E-state index in [4.69, 9.17) is 39.8 Å². The van der Waals surface area contributed by atoms with Gasteiger partial charge in [-0.15, -0.1) is 6.42 Å². The van der Waals surface area contributed by atoms with Gasteiger partial charge in [0.2, 0.25) is 5.95 Å². The van der Waals surface area contributed by atoms with Crippen LogP contribution in [0.1, 0.15) is 53.0 Å². The third kappa shape index (κ3) is 15.6. The molecule has 0 saturated carbocycles. The van der Waals surface area contributed by atoms with E-state index in [1.807, 2.05) is 75.4 Å². The van der Waals surface area contributed by atoms with E-state index in [-0.39, 0.29) is 6.03 Å². The summed E-state index contributed by atoms with van der Waals surface area (Å²) in [5, 5.41) is 14.0. The maximum absolute atomic E-state index is 12.8. The van der Waals surface area contributed by atoms with Crippen molar-refractivity contribution in [3.05, 3.63) is 78.8 Å². The molecular weight excluding hydrogens is 853 g/mol. The van der Waals surface area contributed by atoms with Gasteiger partial charge in [-0.25, -0.2) is 24.7 Å². The SMILES string of the molecule is C#Cc1cccc(Nc2ncnc3cc(OCCOC)c(OCCOC)cc23)c1.CCN(CC)CCCCNc1ncc2cc(-c3cc(OC)cc(OC)c3)c(NC(=O)NC(C)(C)C)nc2n1. The summed E-state index contributed by atoms with van der Waals surface area (Å²) < 4.78 is 32.7. The van der Waals surface area contributed by atoms with Crippen LogP contribution in [0, 0.1) is 12.3 Å². The van der Waals surface area contributed by atoms with Crippen molar-refractivity contribution in [2.24, 2.45) is 0 Å². The molecule has 67 heavy (non-hydrogen) atoms. The number of amides is 2. The standard InChI is InChI=1S/C28H41N7O3.C22H23N3O4/c1-8-35(9-2)13-11-10-12-29-26-30-18-20-16-23(19-14-21(37-6)17-22(15-19)38-7)25(31-24(20)32-26)33-27(36)34-28(3,4)5;1-4-16-6-5-7-17(12-16)25-22-18-13-20(28-10-8-26-2)21(29-11-9-27-3)14-19(18)23-15-24-22/h14-18H,8-13H2,1-7H3,(H3,29,30,31,32,33,34,36);1,5-7,12-15H,8-11H2,2-3H3,(H,23,24,25). The Bertz CT molecular complexity index is 2550. The molecule has 0 unspecified atom stereocenters. The Kier molecular flexibility index (Phi) is 19.5. The Morgan fingerprint density at radius 2 is 1.49 bits per heavy atom. The molecule has 2 amide bonds. The molecule has 0 radical (unpaired) electrons. The first-order chi connectivity index (χ1) is 32.4. The molecule has 6 rings (SSSR count). The zero-order valence-electron chi connectivity index (χ0n) is 40.1. The Balaban J connectivity index is 0.000000260. The lowest BCUT2D eigenvalue weighted by molar-refractivity contribution is 0.132. The molecule has 17 heteroatoms. The number of anilines is 4. The van der Waals surface area contributed by atoms with E-state index >= 15 is 0 Å². The van der Waals surface area contributed by atoms with Crippen LogP contribution >= 0.6 is 0 Å². The lowest BCUT2D eigenvalue weighted by Gasteiger charge is -2.21. The van der Waals surface area contributed by atoms with E-state index in [9.17, 15) is 4.79 Å². The van der Waals surface area contributed by atoms with E-state index in [1.165, 1.54) is 6.33 Å². The monoisotopic (exact) mass is 916 g/mol. The second-order valence-corrected chi connectivity index (χ2v) is 16.2. The Labute approximate surface area is 393 Å². The first kappa shape index (κ1) is 51.0. The molecule has 0 aliphatic heterocycles. The van der Waals surface area contributed by atoms with Crippen molar-refractivity contribution in [2.75, 3.05) is 97.0 Å². The molecule has 356 valence electrons. The van der Waals surface area contributed by atoms with Gasteiger partial charge in [0.1, 0.15) is 42.7 Å². The number of carbonyl (C=O) groups excluding carboxylic acids is 1. The number of urea groups is 1. The largest absolute Gasteiger partial charge is 0.497 e. The van der Waals surface area contributed by atoms with Crippen molar-refractivity contribution in [3.63, 3.8) is 0 Å². The van der Waals surface area contributed by atoms with Crippen molar-refractivity contribution in [1.82, 2.24) is 35.1 Å². The molecule has 17 nitrogen and oxygen atoms in total. The zero-order chi connectivity index (χ0) is 48.2. The number of fused-ring (bicyclic) bond motifs is 2. The van der Waals surface area contributed by atoms with Crippen LogP contribution in [0.4, 0.5) is 28.1 Å². The van der Waals surface area contributed by atoms with Gasteiger partial charge in [-0.1, -0.05) is 25.8 Å². The molecule has 0 bridgehead atoms. The van der Waals surface area contributed by atoms with E-state index in [0.717, 1.165) is 72.1 Å². The molecule has 6 aromatic rings. The topological polar surface area (TPSA) is 188 Å². The fourth-order valence-corrected chi connectivity index (χ4v) is 6.69. The summed E-state index contributed by atoms with van der Waals surface area (Å²) in [7, 11) is 6.44. The number of rotatable bonds is 22. The van der Waals surface area contributed by atoms with Crippen LogP contribution < -0.4 is 40.2 Å². The summed E-state index contributed by atoms with van der Waals surface area (Å²) in [4.78, 5) is 37.8.